The molecule has 1 aromatic carbocycles. The van der Waals surface area contributed by atoms with Crippen LogP contribution >= 0.6 is 11.3 Å². The molecule has 188 valence electrons. The molecule has 4 bridgehead atoms. The number of nitrogens with zero attached hydrogens (tertiary/aromatic N) is 3. The largest absolute Gasteiger partial charge is 0.505 e. The van der Waals surface area contributed by atoms with E-state index in [2.05, 4.69) is 14.9 Å². The van der Waals surface area contributed by atoms with E-state index in [0.29, 0.717) is 24.2 Å². The van der Waals surface area contributed by atoms with Gasteiger partial charge in [0.25, 0.3) is 0 Å². The van der Waals surface area contributed by atoms with E-state index in [9.17, 15) is 10.2 Å². The maximum Gasteiger partial charge on any atom is 0.227 e. The van der Waals surface area contributed by atoms with Crippen LogP contribution in [0.3, 0.4) is 0 Å². The number of rotatable bonds is 5. The second-order valence-electron chi connectivity index (χ2n) is 11.7. The zero-order chi connectivity index (χ0) is 24.4. The molecule has 1 saturated heterocycles. The lowest BCUT2D eigenvalue weighted by molar-refractivity contribution is -0.00632. The first kappa shape index (κ1) is 22.5. The van der Waals surface area contributed by atoms with Gasteiger partial charge in [-0.1, -0.05) is 11.3 Å². The van der Waals surface area contributed by atoms with Gasteiger partial charge in [0.05, 0.1) is 4.88 Å². The lowest BCUT2D eigenvalue weighted by atomic mass is 9.48. The van der Waals surface area contributed by atoms with Gasteiger partial charge in [-0.2, -0.15) is 4.98 Å². The molecule has 0 unspecified atom stereocenters. The molecule has 4 aliphatic carbocycles. The van der Waals surface area contributed by atoms with E-state index in [4.69, 9.17) is 0 Å². The lowest BCUT2D eigenvalue weighted by Crippen LogP contribution is -2.48. The fraction of sp³-hybridized carbons (Fsp3) is 0.517. The van der Waals surface area contributed by atoms with Gasteiger partial charge >= 0.3 is 0 Å². The average molecular weight is 506 g/mol. The van der Waals surface area contributed by atoms with Crippen LogP contribution in [0, 0.1) is 23.6 Å². The Morgan fingerprint density at radius 2 is 1.64 bits per heavy atom. The maximum atomic E-state index is 15.1. The molecule has 0 spiro atoms. The molecular formula is C29H32FN3O2S. The quantitative estimate of drug-likeness (QED) is 0.419. The lowest BCUT2D eigenvalue weighted by Gasteiger charge is -2.57. The summed E-state index contributed by atoms with van der Waals surface area (Å²) >= 11 is 1.54. The Balaban J connectivity index is 1.20. The molecule has 3 heterocycles. The van der Waals surface area contributed by atoms with Crippen molar-refractivity contribution >= 4 is 16.5 Å². The van der Waals surface area contributed by atoms with Crippen LogP contribution in [0.25, 0.3) is 11.1 Å². The van der Waals surface area contributed by atoms with Crippen LogP contribution in [0.5, 0.6) is 11.6 Å². The molecular weight excluding hydrogens is 473 g/mol. The first-order valence-electron chi connectivity index (χ1n) is 13.4. The second kappa shape index (κ2) is 8.44. The van der Waals surface area contributed by atoms with Crippen LogP contribution in [0.1, 0.15) is 67.4 Å². The maximum absolute atomic E-state index is 15.1. The van der Waals surface area contributed by atoms with Crippen molar-refractivity contribution in [2.24, 2.45) is 17.8 Å². The Kier molecular flexibility index (Phi) is 5.28. The number of hydrogen-bond donors (Lipinski definition) is 2. The fourth-order valence-electron chi connectivity index (χ4n) is 8.03. The molecule has 2 aromatic heterocycles. The van der Waals surface area contributed by atoms with Gasteiger partial charge in [-0.05, 0) is 104 Å². The molecule has 0 amide bonds. The molecule has 5 nitrogen and oxygen atoms in total. The molecule has 7 heteroatoms. The normalized spacial score (nSPS) is 28.8. The van der Waals surface area contributed by atoms with Gasteiger partial charge < -0.3 is 15.1 Å². The predicted octanol–water partition coefficient (Wildman–Crippen LogP) is 6.41. The number of halogens is 1. The van der Waals surface area contributed by atoms with Crippen LogP contribution in [-0.2, 0) is 11.8 Å². The highest BCUT2D eigenvalue weighted by molar-refractivity contribution is 7.15. The number of anilines is 1. The van der Waals surface area contributed by atoms with Crippen molar-refractivity contribution in [2.45, 2.75) is 63.2 Å². The van der Waals surface area contributed by atoms with Crippen LogP contribution in [-0.4, -0.2) is 33.3 Å². The minimum absolute atomic E-state index is 0.0899. The third-order valence-corrected chi connectivity index (χ3v) is 10.3. The third kappa shape index (κ3) is 3.78. The van der Waals surface area contributed by atoms with Crippen LogP contribution in [0.15, 0.2) is 30.6 Å². The number of thiazole rings is 1. The Labute approximate surface area is 215 Å². The zero-order valence-electron chi connectivity index (χ0n) is 20.4. The highest BCUT2D eigenvalue weighted by Crippen LogP contribution is 2.62. The van der Waals surface area contributed by atoms with E-state index >= 15 is 4.39 Å². The summed E-state index contributed by atoms with van der Waals surface area (Å²) in [6.45, 7) is 1.98. The minimum atomic E-state index is -0.543. The number of aromatic nitrogens is 2. The van der Waals surface area contributed by atoms with E-state index < -0.39 is 5.82 Å². The highest BCUT2D eigenvalue weighted by atomic mass is 32.1. The van der Waals surface area contributed by atoms with Crippen molar-refractivity contribution < 1.29 is 14.6 Å². The van der Waals surface area contributed by atoms with E-state index in [-0.39, 0.29) is 17.0 Å². The van der Waals surface area contributed by atoms with E-state index in [1.807, 2.05) is 12.1 Å². The van der Waals surface area contributed by atoms with Crippen LogP contribution in [0.2, 0.25) is 0 Å². The van der Waals surface area contributed by atoms with Crippen molar-refractivity contribution in [1.82, 2.24) is 9.97 Å². The molecule has 8 rings (SSSR count). The second-order valence-corrected chi connectivity index (χ2v) is 12.8. The number of pyridine rings is 1. The number of hydrogen-bond acceptors (Lipinski definition) is 6. The summed E-state index contributed by atoms with van der Waals surface area (Å²) in [4.78, 5) is 11.9. The van der Waals surface area contributed by atoms with E-state index in [1.165, 1.54) is 36.7 Å². The van der Waals surface area contributed by atoms with Gasteiger partial charge in [0.2, 0.25) is 5.88 Å². The van der Waals surface area contributed by atoms with Gasteiger partial charge in [0.15, 0.2) is 16.7 Å². The summed E-state index contributed by atoms with van der Waals surface area (Å²) in [6.07, 6.45) is 13.5. The number of phenols is 1. The summed E-state index contributed by atoms with van der Waals surface area (Å²) in [5.41, 5.74) is 3.25. The summed E-state index contributed by atoms with van der Waals surface area (Å²) in [7, 11) is 0. The first-order valence-corrected chi connectivity index (χ1v) is 14.2. The Morgan fingerprint density at radius 3 is 2.33 bits per heavy atom. The summed E-state index contributed by atoms with van der Waals surface area (Å²) in [6, 6.07) is 5.49. The van der Waals surface area contributed by atoms with Crippen LogP contribution < -0.4 is 4.90 Å². The number of benzene rings is 1. The van der Waals surface area contributed by atoms with Crippen molar-refractivity contribution in [3.63, 3.8) is 0 Å². The average Bonchev–Trinajstić information content (AvgIpc) is 3.50. The molecule has 0 radical (unpaired) electrons. The smallest absolute Gasteiger partial charge is 0.227 e. The fourth-order valence-corrected chi connectivity index (χ4v) is 9.07. The third-order valence-electron chi connectivity index (χ3n) is 9.21. The molecule has 3 aromatic rings. The molecule has 5 aliphatic rings. The molecule has 0 atom stereocenters. The van der Waals surface area contributed by atoms with Crippen molar-refractivity contribution in [2.75, 3.05) is 18.0 Å². The van der Waals surface area contributed by atoms with E-state index in [1.54, 1.807) is 12.4 Å². The van der Waals surface area contributed by atoms with Gasteiger partial charge in [-0.3, -0.25) is 4.98 Å². The molecule has 1 aliphatic heterocycles. The van der Waals surface area contributed by atoms with Crippen molar-refractivity contribution in [3.05, 3.63) is 52.4 Å². The predicted molar refractivity (Wildman–Crippen MR) is 139 cm³/mol. The van der Waals surface area contributed by atoms with Crippen molar-refractivity contribution in [1.29, 1.82) is 0 Å². The van der Waals surface area contributed by atoms with Gasteiger partial charge in [-0.25, -0.2) is 4.39 Å². The Morgan fingerprint density at radius 1 is 0.944 bits per heavy atom. The SMILES string of the molecule is Oc1nc(N2CCCC2)sc1Cc1cncc(-c2cc(F)c(O)c(C34CC5CC(CC(C5)C3)C4)c2)c1. The van der Waals surface area contributed by atoms with Gasteiger partial charge in [0, 0.05) is 43.0 Å². The topological polar surface area (TPSA) is 69.5 Å². The Bertz CT molecular complexity index is 1280. The number of phenolic OH excluding ortho intramolecular Hbond substituents is 1. The monoisotopic (exact) mass is 505 g/mol. The highest BCUT2D eigenvalue weighted by Gasteiger charge is 2.52. The van der Waals surface area contributed by atoms with E-state index in [0.717, 1.165) is 77.5 Å². The Hall–Kier alpha value is -2.67. The standard InChI is InChI=1S/C29H32FN3O2S/c30-24-11-21(10-23(26(24)34)29-12-17-5-18(13-29)7-19(6-17)14-29)22-8-20(15-31-16-22)9-25-27(35)32-28(36-25)33-3-1-2-4-33/h8,10-11,15-19,34-35H,1-7,9,12-14H2. The summed E-state index contributed by atoms with van der Waals surface area (Å²) in [5, 5.41) is 22.2. The number of aromatic hydroxyl groups is 2. The van der Waals surface area contributed by atoms with Gasteiger partial charge in [-0.15, -0.1) is 0 Å². The molecule has 4 saturated carbocycles. The van der Waals surface area contributed by atoms with Gasteiger partial charge in [0.1, 0.15) is 0 Å². The first-order chi connectivity index (χ1) is 17.5. The molecule has 5 fully saturated rings. The zero-order valence-corrected chi connectivity index (χ0v) is 21.2. The summed E-state index contributed by atoms with van der Waals surface area (Å²) < 4.78 is 15.1. The minimum Gasteiger partial charge on any atom is -0.505 e. The van der Waals surface area contributed by atoms with Crippen LogP contribution in [0.4, 0.5) is 9.52 Å². The molecule has 2 N–H and O–H groups in total. The summed E-state index contributed by atoms with van der Waals surface area (Å²) in [5.74, 6) is 1.53. The van der Waals surface area contributed by atoms with Crippen molar-refractivity contribution in [3.8, 4) is 22.8 Å². The molecule has 36 heavy (non-hydrogen) atoms.